The van der Waals surface area contributed by atoms with E-state index >= 15 is 0 Å². The van der Waals surface area contributed by atoms with Gasteiger partial charge in [-0.25, -0.2) is 0 Å². The first-order chi connectivity index (χ1) is 8.19. The van der Waals surface area contributed by atoms with E-state index in [1.54, 1.807) is 6.07 Å². The molecule has 1 N–H and O–H groups in total. The van der Waals surface area contributed by atoms with Crippen LogP contribution in [0.1, 0.15) is 39.7 Å². The minimum absolute atomic E-state index is 0.0474. The lowest BCUT2D eigenvalue weighted by Gasteiger charge is -2.22. The minimum atomic E-state index is -4.13. The van der Waals surface area contributed by atoms with Gasteiger partial charge in [-0.3, -0.25) is 4.55 Å². The molecule has 0 fully saturated rings. The highest BCUT2D eigenvalue weighted by Gasteiger charge is 2.23. The van der Waals surface area contributed by atoms with Crippen molar-refractivity contribution in [3.8, 4) is 0 Å². The normalized spacial score (nSPS) is 12.7. The van der Waals surface area contributed by atoms with Gasteiger partial charge in [0, 0.05) is 0 Å². The fraction of sp³-hybridized carbons (Fsp3) is 0.538. The van der Waals surface area contributed by atoms with Crippen molar-refractivity contribution in [3.63, 3.8) is 0 Å². The Morgan fingerprint density at radius 3 is 2.33 bits per heavy atom. The third-order valence-corrected chi connectivity index (χ3v) is 5.89. The summed E-state index contributed by atoms with van der Waals surface area (Å²) in [6.07, 6.45) is 1.82. The Bertz CT molecular complexity index is 521. The minimum Gasteiger partial charge on any atom is -0.282 e. The Labute approximate surface area is 112 Å². The molecule has 0 heterocycles. The summed E-state index contributed by atoms with van der Waals surface area (Å²) >= 11 is 0. The van der Waals surface area contributed by atoms with Gasteiger partial charge in [-0.15, -0.1) is 0 Å². The van der Waals surface area contributed by atoms with Gasteiger partial charge in [0.25, 0.3) is 10.1 Å². The van der Waals surface area contributed by atoms with Crippen LogP contribution in [-0.4, -0.2) is 22.5 Å². The third kappa shape index (κ3) is 3.93. The Balaban J connectivity index is 3.29. The van der Waals surface area contributed by atoms with E-state index in [0.717, 1.165) is 23.6 Å². The summed E-state index contributed by atoms with van der Waals surface area (Å²) in [5.74, 6) is 0. The molecule has 2 radical (unpaired) electrons. The van der Waals surface area contributed by atoms with Crippen molar-refractivity contribution in [2.75, 3.05) is 0 Å². The first-order valence-electron chi connectivity index (χ1n) is 6.08. The molecule has 0 saturated carbocycles. The Hall–Kier alpha value is -0.653. The average molecular weight is 284 g/mol. The Morgan fingerprint density at radius 1 is 1.28 bits per heavy atom. The molecule has 1 aromatic carbocycles. The third-order valence-electron chi connectivity index (χ3n) is 3.09. The predicted octanol–water partition coefficient (Wildman–Crippen LogP) is 2.43. The zero-order chi connectivity index (χ0) is 14.0. The van der Waals surface area contributed by atoms with Gasteiger partial charge in [0.1, 0.15) is 0 Å². The lowest BCUT2D eigenvalue weighted by atomic mass is 10.1. The number of hydrogen-bond acceptors (Lipinski definition) is 2. The summed E-state index contributed by atoms with van der Waals surface area (Å²) in [6, 6.07) is 5.18. The van der Waals surface area contributed by atoms with Gasteiger partial charge in [-0.2, -0.15) is 8.42 Å². The molecule has 3 nitrogen and oxygen atoms in total. The molecule has 0 unspecified atom stereocenters. The first-order valence-corrected chi connectivity index (χ1v) is 8.52. The molecule has 0 spiro atoms. The molecule has 0 bridgehead atoms. The molecule has 18 heavy (non-hydrogen) atoms. The molecule has 0 saturated heterocycles. The van der Waals surface area contributed by atoms with Gasteiger partial charge in [0.15, 0.2) is 0 Å². The summed E-state index contributed by atoms with van der Waals surface area (Å²) in [7, 11) is -3.77. The summed E-state index contributed by atoms with van der Waals surface area (Å²) in [6.45, 7) is 8.33. The van der Waals surface area contributed by atoms with Crippen molar-refractivity contribution in [1.29, 1.82) is 0 Å². The topological polar surface area (TPSA) is 54.4 Å². The fourth-order valence-corrected chi connectivity index (χ4v) is 4.06. The maximum atomic E-state index is 11.4. The first kappa shape index (κ1) is 15.4. The maximum absolute atomic E-state index is 11.4. The molecule has 0 aliphatic heterocycles. The molecule has 0 aromatic heterocycles. The van der Waals surface area contributed by atoms with Crippen molar-refractivity contribution in [3.05, 3.63) is 23.8 Å². The molecule has 5 heteroatoms. The van der Waals surface area contributed by atoms with E-state index in [4.69, 9.17) is 0 Å². The van der Waals surface area contributed by atoms with Crippen molar-refractivity contribution < 1.29 is 13.0 Å². The van der Waals surface area contributed by atoms with E-state index in [1.807, 2.05) is 13.0 Å². The summed E-state index contributed by atoms with van der Waals surface area (Å²) in [4.78, 5) is 0.0551. The van der Waals surface area contributed by atoms with Crippen LogP contribution in [0.2, 0.25) is 5.04 Å². The zero-order valence-corrected chi connectivity index (χ0v) is 13.1. The largest absolute Gasteiger partial charge is 0.294 e. The number of aryl methyl sites for hydroxylation is 1. The van der Waals surface area contributed by atoms with Crippen LogP contribution in [0.4, 0.5) is 0 Å². The lowest BCUT2D eigenvalue weighted by molar-refractivity contribution is 0.484. The SMILES string of the molecule is CCc1ccc(S(=O)(=O)O)c([Si]C(C)(C)CC)c1. The molecular formula is C13H20O3SSi. The zero-order valence-electron chi connectivity index (χ0n) is 11.3. The number of hydrogen-bond donors (Lipinski definition) is 1. The van der Waals surface area contributed by atoms with E-state index in [9.17, 15) is 13.0 Å². The van der Waals surface area contributed by atoms with Crippen LogP contribution in [0.5, 0.6) is 0 Å². The second-order valence-electron chi connectivity index (χ2n) is 5.02. The molecule has 0 atom stereocenters. The summed E-state index contributed by atoms with van der Waals surface area (Å²) < 4.78 is 32.1. The second kappa shape index (κ2) is 5.55. The van der Waals surface area contributed by atoms with E-state index in [-0.39, 0.29) is 9.93 Å². The van der Waals surface area contributed by atoms with Gasteiger partial charge in [-0.05, 0) is 28.3 Å². The van der Waals surface area contributed by atoms with E-state index in [2.05, 4.69) is 20.8 Å². The van der Waals surface area contributed by atoms with Crippen LogP contribution in [-0.2, 0) is 16.5 Å². The standard InChI is InChI=1S/C13H20O3SSi/c1-5-10-7-8-11(17(14,15)16)12(9-10)18-13(3,4)6-2/h7-9H,5-6H2,1-4H3,(H,14,15,16). The van der Waals surface area contributed by atoms with Crippen molar-refractivity contribution in [1.82, 2.24) is 0 Å². The lowest BCUT2D eigenvalue weighted by Crippen LogP contribution is -2.30. The van der Waals surface area contributed by atoms with Gasteiger partial charge in [-0.1, -0.05) is 46.2 Å². The fourth-order valence-electron chi connectivity index (χ4n) is 1.57. The highest BCUT2D eigenvalue weighted by Crippen LogP contribution is 2.27. The molecule has 0 amide bonds. The van der Waals surface area contributed by atoms with Crippen LogP contribution in [0.3, 0.4) is 0 Å². The highest BCUT2D eigenvalue weighted by molar-refractivity contribution is 7.86. The van der Waals surface area contributed by atoms with E-state index in [0.29, 0.717) is 9.52 Å². The molecule has 1 rings (SSSR count). The Morgan fingerprint density at radius 2 is 1.89 bits per heavy atom. The van der Waals surface area contributed by atoms with Gasteiger partial charge in [0.2, 0.25) is 0 Å². The molecule has 1 aromatic rings. The van der Waals surface area contributed by atoms with E-state index in [1.165, 1.54) is 6.07 Å². The van der Waals surface area contributed by atoms with E-state index < -0.39 is 10.1 Å². The van der Waals surface area contributed by atoms with Crippen LogP contribution in [0.15, 0.2) is 23.1 Å². The Kier molecular flexibility index (Phi) is 4.75. The average Bonchev–Trinajstić information content (AvgIpc) is 2.27. The molecule has 0 aliphatic carbocycles. The van der Waals surface area contributed by atoms with Gasteiger partial charge < -0.3 is 0 Å². The molecule has 100 valence electrons. The van der Waals surface area contributed by atoms with Gasteiger partial charge in [0.05, 0.1) is 14.4 Å². The maximum Gasteiger partial charge on any atom is 0.294 e. The quantitative estimate of drug-likeness (QED) is 0.667. The van der Waals surface area contributed by atoms with Crippen molar-refractivity contribution >= 4 is 24.8 Å². The number of benzene rings is 1. The van der Waals surface area contributed by atoms with Crippen molar-refractivity contribution in [2.24, 2.45) is 0 Å². The summed E-state index contributed by atoms with van der Waals surface area (Å²) in [5.41, 5.74) is 1.09. The monoisotopic (exact) mass is 284 g/mol. The van der Waals surface area contributed by atoms with Crippen LogP contribution in [0, 0.1) is 0 Å². The second-order valence-corrected chi connectivity index (χ2v) is 8.55. The van der Waals surface area contributed by atoms with Crippen LogP contribution < -0.4 is 5.19 Å². The van der Waals surface area contributed by atoms with Crippen molar-refractivity contribution in [2.45, 2.75) is 50.5 Å². The van der Waals surface area contributed by atoms with Gasteiger partial charge >= 0.3 is 0 Å². The molecule has 0 aliphatic rings. The van der Waals surface area contributed by atoms with Crippen LogP contribution >= 0.6 is 0 Å². The number of rotatable bonds is 5. The van der Waals surface area contributed by atoms with Crippen LogP contribution in [0.25, 0.3) is 0 Å². The smallest absolute Gasteiger partial charge is 0.282 e. The molecular weight excluding hydrogens is 264 g/mol. The highest BCUT2D eigenvalue weighted by atomic mass is 32.2. The predicted molar refractivity (Wildman–Crippen MR) is 75.4 cm³/mol. The summed E-state index contributed by atoms with van der Waals surface area (Å²) in [5, 5.41) is 0.787.